The molecule has 2 N–H and O–H groups in total. The summed E-state index contributed by atoms with van der Waals surface area (Å²) in [7, 11) is 1.61. The molecule has 0 aliphatic carbocycles. The predicted molar refractivity (Wildman–Crippen MR) is 63.4 cm³/mol. The first-order valence-corrected chi connectivity index (χ1v) is 5.63. The summed E-state index contributed by atoms with van der Waals surface area (Å²) in [4.78, 5) is 1.95. The van der Waals surface area contributed by atoms with Crippen LogP contribution in [0.25, 0.3) is 0 Å². The molecule has 0 amide bonds. The van der Waals surface area contributed by atoms with E-state index in [-0.39, 0.29) is 0 Å². The van der Waals surface area contributed by atoms with Crippen LogP contribution in [-0.2, 0) is 0 Å². The molecule has 4 nitrogen and oxygen atoms in total. The van der Waals surface area contributed by atoms with Gasteiger partial charge >= 0.3 is 0 Å². The summed E-state index contributed by atoms with van der Waals surface area (Å²) >= 11 is 0. The minimum atomic E-state index is 0.336. The average molecular weight is 228 g/mol. The van der Waals surface area contributed by atoms with Gasteiger partial charge in [-0.3, -0.25) is 0 Å². The average Bonchev–Trinajstić information content (AvgIpc) is 2.53. The number of halogens is 1. The van der Waals surface area contributed by atoms with Crippen molar-refractivity contribution in [2.75, 3.05) is 20.1 Å². The fourth-order valence-electron chi connectivity index (χ4n) is 1.89. The topological polar surface area (TPSA) is 30.5 Å². The molecule has 0 saturated carbocycles. The Morgan fingerprint density at radius 2 is 2.31 bits per heavy atom. The summed E-state index contributed by atoms with van der Waals surface area (Å²) in [6.45, 7) is 9.18. The van der Waals surface area contributed by atoms with Crippen molar-refractivity contribution in [2.45, 2.75) is 19.3 Å². The minimum absolute atomic E-state index is 0.336. The fourth-order valence-corrected chi connectivity index (χ4v) is 1.89. The Morgan fingerprint density at radius 1 is 1.56 bits per heavy atom. The van der Waals surface area contributed by atoms with Crippen molar-refractivity contribution in [2.24, 2.45) is 5.92 Å². The highest BCUT2D eigenvalue weighted by atomic mass is 19.2. The van der Waals surface area contributed by atoms with Gasteiger partial charge in [0.15, 0.2) is 0 Å². The third kappa shape index (κ3) is 3.50. The second-order valence-electron chi connectivity index (χ2n) is 4.00. The summed E-state index contributed by atoms with van der Waals surface area (Å²) in [5.74, 6) is 0.755. The first-order valence-electron chi connectivity index (χ1n) is 5.63. The van der Waals surface area contributed by atoms with E-state index in [0.29, 0.717) is 17.0 Å². The van der Waals surface area contributed by atoms with Gasteiger partial charge in [0.1, 0.15) is 5.82 Å². The van der Waals surface area contributed by atoms with Crippen LogP contribution < -0.4 is 11.0 Å². The van der Waals surface area contributed by atoms with E-state index in [0.717, 1.165) is 32.4 Å². The number of hydrogen-bond donors (Lipinski definition) is 2. The minimum Gasteiger partial charge on any atom is -0.355 e. The van der Waals surface area contributed by atoms with Gasteiger partial charge in [-0.1, -0.05) is 23.6 Å². The van der Waals surface area contributed by atoms with Gasteiger partial charge in [0.05, 0.1) is 0 Å². The van der Waals surface area contributed by atoms with Crippen molar-refractivity contribution in [3.05, 3.63) is 25.1 Å². The molecule has 5 heteroatoms. The Hall–Kier alpha value is -1.07. The van der Waals surface area contributed by atoms with E-state index in [2.05, 4.69) is 24.1 Å². The van der Waals surface area contributed by atoms with Crippen molar-refractivity contribution in [1.82, 2.24) is 21.1 Å². The number of likely N-dealkylation sites (tertiary alicyclic amines) is 1. The van der Waals surface area contributed by atoms with Gasteiger partial charge in [-0.05, 0) is 18.8 Å². The van der Waals surface area contributed by atoms with Gasteiger partial charge in [0, 0.05) is 20.1 Å². The van der Waals surface area contributed by atoms with Crippen LogP contribution in [0.4, 0.5) is 4.48 Å². The lowest BCUT2D eigenvalue weighted by Crippen LogP contribution is -2.44. The van der Waals surface area contributed by atoms with Gasteiger partial charge in [0.25, 0.3) is 0 Å². The normalized spacial score (nSPS) is 21.4. The first-order chi connectivity index (χ1) is 7.69. The molecule has 16 heavy (non-hydrogen) atoms. The Labute approximate surface area is 96.7 Å². The lowest BCUT2D eigenvalue weighted by Gasteiger charge is -2.29. The van der Waals surface area contributed by atoms with E-state index in [1.165, 1.54) is 0 Å². The molecule has 0 spiro atoms. The van der Waals surface area contributed by atoms with Crippen molar-refractivity contribution in [3.8, 4) is 0 Å². The standard InChI is InChI=1S/C11H21FN4/c1-4-11-7-5-6-8-15(9-11)10(2)16(12)14-13-3/h4,11,13-14H,1-2,5-9H2,3H3. The quantitative estimate of drug-likeness (QED) is 0.425. The lowest BCUT2D eigenvalue weighted by molar-refractivity contribution is -0.0398. The smallest absolute Gasteiger partial charge is 0.147 e. The fraction of sp³-hybridized carbons (Fsp3) is 0.636. The molecule has 1 heterocycles. The summed E-state index contributed by atoms with van der Waals surface area (Å²) in [6.07, 6.45) is 5.29. The van der Waals surface area contributed by atoms with Gasteiger partial charge in [-0.25, -0.2) is 5.43 Å². The SMILES string of the molecule is C=CC1CCCCN(C(=C)N(F)NNC)C1. The van der Waals surface area contributed by atoms with Crippen molar-refractivity contribution < 1.29 is 4.48 Å². The maximum Gasteiger partial charge on any atom is 0.147 e. The second-order valence-corrected chi connectivity index (χ2v) is 4.00. The molecule has 1 aliphatic heterocycles. The molecule has 92 valence electrons. The molecule has 0 aromatic heterocycles. The second kappa shape index (κ2) is 6.50. The molecule has 1 unspecified atom stereocenters. The highest BCUT2D eigenvalue weighted by molar-refractivity contribution is 4.94. The van der Waals surface area contributed by atoms with Crippen LogP contribution in [0.1, 0.15) is 19.3 Å². The largest absolute Gasteiger partial charge is 0.355 e. The molecule has 0 bridgehead atoms. The number of rotatable bonds is 5. The number of hydrogen-bond acceptors (Lipinski definition) is 4. The van der Waals surface area contributed by atoms with Crippen molar-refractivity contribution >= 4 is 0 Å². The Morgan fingerprint density at radius 3 is 2.94 bits per heavy atom. The van der Waals surface area contributed by atoms with E-state index in [9.17, 15) is 4.48 Å². The van der Waals surface area contributed by atoms with Gasteiger partial charge in [0.2, 0.25) is 0 Å². The molecular formula is C11H21FN4. The van der Waals surface area contributed by atoms with Crippen molar-refractivity contribution in [1.29, 1.82) is 0 Å². The van der Waals surface area contributed by atoms with E-state index in [1.807, 2.05) is 11.0 Å². The van der Waals surface area contributed by atoms with E-state index < -0.39 is 0 Å². The zero-order valence-electron chi connectivity index (χ0n) is 9.88. The number of hydrazine groups is 2. The summed E-state index contributed by atoms with van der Waals surface area (Å²) < 4.78 is 13.4. The summed E-state index contributed by atoms with van der Waals surface area (Å²) in [6, 6.07) is 0. The maximum atomic E-state index is 13.4. The van der Waals surface area contributed by atoms with E-state index in [1.54, 1.807) is 7.05 Å². The van der Waals surface area contributed by atoms with Gasteiger partial charge < -0.3 is 4.90 Å². The molecule has 1 atom stereocenters. The predicted octanol–water partition coefficient (Wildman–Crippen LogP) is 1.57. The summed E-state index contributed by atoms with van der Waals surface area (Å²) in [5, 5.41) is 0.408. The molecule has 1 saturated heterocycles. The highest BCUT2D eigenvalue weighted by Crippen LogP contribution is 2.20. The van der Waals surface area contributed by atoms with Crippen LogP contribution in [0.3, 0.4) is 0 Å². The molecule has 1 rings (SSSR count). The van der Waals surface area contributed by atoms with Gasteiger partial charge in [-0.2, -0.15) is 0 Å². The zero-order valence-corrected chi connectivity index (χ0v) is 9.88. The molecule has 0 aromatic rings. The molecular weight excluding hydrogens is 207 g/mol. The van der Waals surface area contributed by atoms with E-state index >= 15 is 0 Å². The van der Waals surface area contributed by atoms with Crippen LogP contribution in [0, 0.1) is 5.92 Å². The highest BCUT2D eigenvalue weighted by Gasteiger charge is 2.20. The Kier molecular flexibility index (Phi) is 5.28. The van der Waals surface area contributed by atoms with Crippen LogP contribution in [0.5, 0.6) is 0 Å². The van der Waals surface area contributed by atoms with Crippen molar-refractivity contribution in [3.63, 3.8) is 0 Å². The third-order valence-corrected chi connectivity index (χ3v) is 2.84. The third-order valence-electron chi connectivity index (χ3n) is 2.84. The van der Waals surface area contributed by atoms with Crippen LogP contribution in [0.15, 0.2) is 25.1 Å². The lowest BCUT2D eigenvalue weighted by atomic mass is 10.0. The Balaban J connectivity index is 2.55. The number of nitrogens with one attached hydrogen (secondary N) is 2. The molecule has 0 aromatic carbocycles. The molecule has 0 radical (unpaired) electrons. The van der Waals surface area contributed by atoms with E-state index in [4.69, 9.17) is 0 Å². The monoisotopic (exact) mass is 228 g/mol. The maximum absolute atomic E-state index is 13.4. The zero-order chi connectivity index (χ0) is 12.0. The van der Waals surface area contributed by atoms with Gasteiger partial charge in [-0.15, -0.1) is 17.3 Å². The van der Waals surface area contributed by atoms with Crippen LogP contribution in [0.2, 0.25) is 0 Å². The van der Waals surface area contributed by atoms with Crippen LogP contribution >= 0.6 is 0 Å². The summed E-state index contributed by atoms with van der Waals surface area (Å²) in [5.41, 5.74) is 4.87. The van der Waals surface area contributed by atoms with Crippen LogP contribution in [-0.4, -0.2) is 30.3 Å². The molecule has 1 aliphatic rings. The number of nitrogens with zero attached hydrogens (tertiary/aromatic N) is 2. The first kappa shape index (κ1) is 13.0. The molecule has 1 fully saturated rings. The Bertz CT molecular complexity index is 244.